The van der Waals surface area contributed by atoms with Crippen molar-refractivity contribution in [1.82, 2.24) is 0 Å². The van der Waals surface area contributed by atoms with Crippen molar-refractivity contribution in [2.75, 3.05) is 13.2 Å². The van der Waals surface area contributed by atoms with Gasteiger partial charge in [-0.2, -0.15) is 0 Å². The van der Waals surface area contributed by atoms with Crippen molar-refractivity contribution >= 4 is 17.6 Å². The van der Waals surface area contributed by atoms with Gasteiger partial charge in [-0.3, -0.25) is 4.79 Å². The number of ether oxygens (including phenoxy) is 2. The molecule has 0 aliphatic heterocycles. The normalized spacial score (nSPS) is 9.94. The number of hydrogen-bond donors (Lipinski definition) is 0. The molecule has 16 heavy (non-hydrogen) atoms. The molecule has 0 bridgehead atoms. The van der Waals surface area contributed by atoms with Gasteiger partial charge in [0.05, 0.1) is 19.6 Å². The Morgan fingerprint density at radius 1 is 1.44 bits per heavy atom. The number of carbonyl (C=O) groups is 1. The quantitative estimate of drug-likeness (QED) is 0.745. The first-order chi connectivity index (χ1) is 7.63. The fraction of sp³-hybridized carbons (Fsp3) is 0.417. The average Bonchev–Trinajstić information content (AvgIpc) is 2.24. The molecule has 0 amide bonds. The first kappa shape index (κ1) is 12.8. The average molecular weight is 243 g/mol. The van der Waals surface area contributed by atoms with Crippen molar-refractivity contribution < 1.29 is 14.3 Å². The van der Waals surface area contributed by atoms with Crippen LogP contribution in [0.5, 0.6) is 5.75 Å². The first-order valence-electron chi connectivity index (χ1n) is 5.18. The Balaban J connectivity index is 2.37. The van der Waals surface area contributed by atoms with Crippen LogP contribution in [-0.2, 0) is 9.53 Å². The van der Waals surface area contributed by atoms with E-state index in [1.165, 1.54) is 0 Å². The molecule has 1 aromatic carbocycles. The van der Waals surface area contributed by atoms with Gasteiger partial charge in [0.2, 0.25) is 0 Å². The zero-order valence-corrected chi connectivity index (χ0v) is 10.2. The Kier molecular flexibility index (Phi) is 5.12. The summed E-state index contributed by atoms with van der Waals surface area (Å²) in [5, 5.41) is 0.706. The van der Waals surface area contributed by atoms with E-state index in [1.54, 1.807) is 19.1 Å². The molecule has 0 heterocycles. The smallest absolute Gasteiger partial charge is 0.309 e. The lowest BCUT2D eigenvalue weighted by atomic mass is 10.2. The summed E-state index contributed by atoms with van der Waals surface area (Å²) in [6.07, 6.45) is 0.259. The van der Waals surface area contributed by atoms with E-state index in [9.17, 15) is 4.79 Å². The van der Waals surface area contributed by atoms with E-state index in [4.69, 9.17) is 21.1 Å². The summed E-state index contributed by atoms with van der Waals surface area (Å²) in [6, 6.07) is 5.39. The molecule has 0 aliphatic carbocycles. The van der Waals surface area contributed by atoms with Crippen LogP contribution in [-0.4, -0.2) is 19.2 Å². The van der Waals surface area contributed by atoms with Gasteiger partial charge >= 0.3 is 5.97 Å². The highest BCUT2D eigenvalue weighted by Crippen LogP contribution is 2.20. The molecule has 0 spiro atoms. The number of aryl methyl sites for hydroxylation is 1. The van der Waals surface area contributed by atoms with Crippen LogP contribution in [0.25, 0.3) is 0 Å². The second kappa shape index (κ2) is 6.38. The molecule has 0 fully saturated rings. The van der Waals surface area contributed by atoms with E-state index in [0.29, 0.717) is 24.0 Å². The summed E-state index contributed by atoms with van der Waals surface area (Å²) in [4.78, 5) is 11.0. The molecule has 88 valence electrons. The molecule has 1 rings (SSSR count). The first-order valence-corrected chi connectivity index (χ1v) is 5.56. The molecule has 0 saturated carbocycles. The number of carbonyl (C=O) groups excluding carboxylic acids is 1. The third-order valence-corrected chi connectivity index (χ3v) is 2.43. The van der Waals surface area contributed by atoms with Crippen LogP contribution in [0.1, 0.15) is 18.9 Å². The van der Waals surface area contributed by atoms with Gasteiger partial charge in [-0.15, -0.1) is 0 Å². The minimum Gasteiger partial charge on any atom is -0.493 e. The van der Waals surface area contributed by atoms with Crippen molar-refractivity contribution in [1.29, 1.82) is 0 Å². The molecular formula is C12H15ClO3. The Hall–Kier alpha value is -1.22. The topological polar surface area (TPSA) is 35.5 Å². The number of rotatable bonds is 5. The molecule has 0 radical (unpaired) electrons. The van der Waals surface area contributed by atoms with Crippen LogP contribution >= 0.6 is 11.6 Å². The van der Waals surface area contributed by atoms with Crippen LogP contribution in [0.3, 0.4) is 0 Å². The van der Waals surface area contributed by atoms with Crippen LogP contribution in [0.2, 0.25) is 5.02 Å². The zero-order chi connectivity index (χ0) is 12.0. The van der Waals surface area contributed by atoms with E-state index in [2.05, 4.69) is 0 Å². The zero-order valence-electron chi connectivity index (χ0n) is 9.46. The minimum absolute atomic E-state index is 0.242. The molecule has 0 atom stereocenters. The molecule has 0 aliphatic rings. The van der Waals surface area contributed by atoms with Crippen molar-refractivity contribution in [3.05, 3.63) is 28.8 Å². The lowest BCUT2D eigenvalue weighted by molar-refractivity contribution is -0.143. The fourth-order valence-corrected chi connectivity index (χ4v) is 1.31. The lowest BCUT2D eigenvalue weighted by Crippen LogP contribution is -2.09. The second-order valence-corrected chi connectivity index (χ2v) is 3.72. The number of hydrogen-bond acceptors (Lipinski definition) is 3. The van der Waals surface area contributed by atoms with E-state index in [-0.39, 0.29) is 12.4 Å². The molecule has 0 saturated heterocycles. The summed E-state index contributed by atoms with van der Waals surface area (Å²) < 4.78 is 10.2. The minimum atomic E-state index is -0.242. The maximum absolute atomic E-state index is 11.0. The van der Waals surface area contributed by atoms with Gasteiger partial charge in [0.25, 0.3) is 0 Å². The van der Waals surface area contributed by atoms with Gasteiger partial charge < -0.3 is 9.47 Å². The maximum Gasteiger partial charge on any atom is 0.309 e. The van der Waals surface area contributed by atoms with Crippen molar-refractivity contribution in [3.63, 3.8) is 0 Å². The highest BCUT2D eigenvalue weighted by molar-refractivity contribution is 6.31. The predicted molar refractivity (Wildman–Crippen MR) is 62.9 cm³/mol. The van der Waals surface area contributed by atoms with Gasteiger partial charge in [0, 0.05) is 5.02 Å². The second-order valence-electron chi connectivity index (χ2n) is 3.31. The van der Waals surface area contributed by atoms with E-state index in [0.717, 1.165) is 5.56 Å². The van der Waals surface area contributed by atoms with Crippen LogP contribution < -0.4 is 4.74 Å². The lowest BCUT2D eigenvalue weighted by Gasteiger charge is -2.07. The highest BCUT2D eigenvalue weighted by atomic mass is 35.5. The van der Waals surface area contributed by atoms with Gasteiger partial charge in [-0.1, -0.05) is 11.6 Å². The Labute approximate surface area is 100 Å². The van der Waals surface area contributed by atoms with Crippen molar-refractivity contribution in [3.8, 4) is 5.75 Å². The van der Waals surface area contributed by atoms with Crippen LogP contribution in [0.4, 0.5) is 0 Å². The predicted octanol–water partition coefficient (Wildman–Crippen LogP) is 2.98. The van der Waals surface area contributed by atoms with E-state index in [1.807, 2.05) is 13.0 Å². The largest absolute Gasteiger partial charge is 0.493 e. The van der Waals surface area contributed by atoms with Crippen molar-refractivity contribution in [2.24, 2.45) is 0 Å². The van der Waals surface area contributed by atoms with Crippen molar-refractivity contribution in [2.45, 2.75) is 20.3 Å². The maximum atomic E-state index is 11.0. The SMILES string of the molecule is CCOC(=O)CCOc1ccc(Cl)c(C)c1. The molecule has 3 nitrogen and oxygen atoms in total. The summed E-state index contributed by atoms with van der Waals surface area (Å²) in [5.41, 5.74) is 0.954. The number of benzene rings is 1. The molecule has 4 heteroatoms. The van der Waals surface area contributed by atoms with Gasteiger partial charge in [0.1, 0.15) is 5.75 Å². The summed E-state index contributed by atoms with van der Waals surface area (Å²) in [5.74, 6) is 0.472. The third-order valence-electron chi connectivity index (χ3n) is 2.01. The van der Waals surface area contributed by atoms with Gasteiger partial charge in [0.15, 0.2) is 0 Å². The van der Waals surface area contributed by atoms with Gasteiger partial charge in [-0.05, 0) is 37.6 Å². The van der Waals surface area contributed by atoms with Crippen LogP contribution in [0.15, 0.2) is 18.2 Å². The third kappa shape index (κ3) is 4.11. The molecule has 1 aromatic rings. The van der Waals surface area contributed by atoms with Gasteiger partial charge in [-0.25, -0.2) is 0 Å². The Morgan fingerprint density at radius 3 is 2.81 bits per heavy atom. The molecule has 0 unspecified atom stereocenters. The summed E-state index contributed by atoms with van der Waals surface area (Å²) in [6.45, 7) is 4.40. The fourth-order valence-electron chi connectivity index (χ4n) is 1.19. The van der Waals surface area contributed by atoms with E-state index >= 15 is 0 Å². The molecule has 0 N–H and O–H groups in total. The highest BCUT2D eigenvalue weighted by Gasteiger charge is 2.03. The summed E-state index contributed by atoms with van der Waals surface area (Å²) >= 11 is 5.88. The Morgan fingerprint density at radius 2 is 2.19 bits per heavy atom. The van der Waals surface area contributed by atoms with Crippen LogP contribution in [0, 0.1) is 6.92 Å². The van der Waals surface area contributed by atoms with E-state index < -0.39 is 0 Å². The number of halogens is 1. The number of esters is 1. The monoisotopic (exact) mass is 242 g/mol. The molecule has 0 aromatic heterocycles. The Bertz CT molecular complexity index is 363. The summed E-state index contributed by atoms with van der Waals surface area (Å²) in [7, 11) is 0. The molecular weight excluding hydrogens is 228 g/mol. The standard InChI is InChI=1S/C12H15ClO3/c1-3-15-12(14)6-7-16-10-4-5-11(13)9(2)8-10/h4-5,8H,3,6-7H2,1-2H3.